The van der Waals surface area contributed by atoms with Crippen LogP contribution in [0, 0.1) is 5.82 Å². The summed E-state index contributed by atoms with van der Waals surface area (Å²) in [5.41, 5.74) is 1.30. The Morgan fingerprint density at radius 1 is 1.44 bits per heavy atom. The van der Waals surface area contributed by atoms with Gasteiger partial charge >= 0.3 is 0 Å². The zero-order chi connectivity index (χ0) is 12.9. The molecule has 0 atom stereocenters. The van der Waals surface area contributed by atoms with Crippen LogP contribution >= 0.6 is 15.9 Å². The molecule has 96 valence electrons. The fraction of sp³-hybridized carbons (Fsp3) is 0.462. The van der Waals surface area contributed by atoms with Crippen LogP contribution in [-0.4, -0.2) is 22.8 Å². The molecule has 1 saturated heterocycles. The van der Waals surface area contributed by atoms with E-state index < -0.39 is 0 Å². The number of fused-ring (bicyclic) bond motifs is 1. The molecular weight excluding hydrogens is 299 g/mol. The van der Waals surface area contributed by atoms with Crippen LogP contribution in [0.2, 0.25) is 0 Å². The molecule has 3 rings (SSSR count). The molecule has 0 unspecified atom stereocenters. The largest absolute Gasteiger partial charge is 0.380 e. The number of imidazole rings is 1. The first kappa shape index (κ1) is 12.1. The maximum absolute atomic E-state index is 14.0. The third-order valence-electron chi connectivity index (χ3n) is 3.26. The van der Waals surface area contributed by atoms with E-state index in [-0.39, 0.29) is 17.8 Å². The van der Waals surface area contributed by atoms with Crippen LogP contribution in [0.4, 0.5) is 4.39 Å². The van der Waals surface area contributed by atoms with E-state index in [4.69, 9.17) is 4.74 Å². The van der Waals surface area contributed by atoms with Crippen molar-refractivity contribution in [1.29, 1.82) is 0 Å². The van der Waals surface area contributed by atoms with Crippen LogP contribution in [0.25, 0.3) is 11.0 Å². The number of rotatable bonds is 2. The molecule has 3 nitrogen and oxygen atoms in total. The highest BCUT2D eigenvalue weighted by molar-refractivity contribution is 9.10. The van der Waals surface area contributed by atoms with Crippen molar-refractivity contribution in [2.24, 2.45) is 0 Å². The van der Waals surface area contributed by atoms with Gasteiger partial charge in [-0.25, -0.2) is 9.37 Å². The number of aromatic nitrogens is 2. The standard InChI is InChI=1S/C13H14BrFN2O/c1-7(2)17-11-4-9(14)3-10(15)12(11)16-13(17)8-5-18-6-8/h3-4,7-8H,5-6H2,1-2H3. The fourth-order valence-corrected chi connectivity index (χ4v) is 2.77. The van der Waals surface area contributed by atoms with Gasteiger partial charge < -0.3 is 9.30 Å². The van der Waals surface area contributed by atoms with E-state index in [2.05, 4.69) is 39.3 Å². The SMILES string of the molecule is CC(C)n1c(C2COC2)nc2c(F)cc(Br)cc21. The quantitative estimate of drug-likeness (QED) is 0.846. The Morgan fingerprint density at radius 3 is 2.72 bits per heavy atom. The van der Waals surface area contributed by atoms with E-state index >= 15 is 0 Å². The average Bonchev–Trinajstić information content (AvgIpc) is 2.54. The van der Waals surface area contributed by atoms with Gasteiger partial charge in [0.1, 0.15) is 11.3 Å². The maximum atomic E-state index is 14.0. The summed E-state index contributed by atoms with van der Waals surface area (Å²) in [5, 5.41) is 0. The van der Waals surface area contributed by atoms with Crippen LogP contribution in [0.15, 0.2) is 16.6 Å². The summed E-state index contributed by atoms with van der Waals surface area (Å²) in [4.78, 5) is 4.48. The summed E-state index contributed by atoms with van der Waals surface area (Å²) in [6, 6.07) is 3.63. The molecule has 0 amide bonds. The lowest BCUT2D eigenvalue weighted by atomic mass is 10.1. The average molecular weight is 313 g/mol. The van der Waals surface area contributed by atoms with Crippen molar-refractivity contribution in [1.82, 2.24) is 9.55 Å². The first-order chi connectivity index (χ1) is 8.58. The molecule has 0 bridgehead atoms. The Kier molecular flexibility index (Phi) is 2.90. The van der Waals surface area contributed by atoms with Crippen molar-refractivity contribution >= 4 is 27.0 Å². The van der Waals surface area contributed by atoms with Crippen molar-refractivity contribution in [2.45, 2.75) is 25.8 Å². The summed E-state index contributed by atoms with van der Waals surface area (Å²) in [6.45, 7) is 5.53. The minimum atomic E-state index is -0.278. The van der Waals surface area contributed by atoms with E-state index in [1.54, 1.807) is 0 Å². The van der Waals surface area contributed by atoms with Crippen molar-refractivity contribution in [3.63, 3.8) is 0 Å². The highest BCUT2D eigenvalue weighted by Crippen LogP contribution is 2.32. The molecule has 1 fully saturated rings. The normalized spacial score (nSPS) is 16.5. The zero-order valence-electron chi connectivity index (χ0n) is 10.3. The minimum Gasteiger partial charge on any atom is -0.380 e. The summed E-state index contributed by atoms with van der Waals surface area (Å²) in [7, 11) is 0. The van der Waals surface area contributed by atoms with Crippen molar-refractivity contribution in [2.75, 3.05) is 13.2 Å². The lowest BCUT2D eigenvalue weighted by Gasteiger charge is -2.27. The second-order valence-electron chi connectivity index (χ2n) is 4.92. The number of hydrogen-bond acceptors (Lipinski definition) is 2. The smallest absolute Gasteiger partial charge is 0.152 e. The van der Waals surface area contributed by atoms with Gasteiger partial charge in [-0.15, -0.1) is 0 Å². The molecule has 5 heteroatoms. The molecule has 0 radical (unpaired) electrons. The molecule has 1 aliphatic rings. The zero-order valence-corrected chi connectivity index (χ0v) is 11.9. The van der Waals surface area contributed by atoms with Crippen molar-refractivity contribution in [3.05, 3.63) is 28.2 Å². The number of nitrogens with zero attached hydrogens (tertiary/aromatic N) is 2. The Labute approximate surface area is 113 Å². The monoisotopic (exact) mass is 312 g/mol. The summed E-state index contributed by atoms with van der Waals surface area (Å²) in [6.07, 6.45) is 0. The van der Waals surface area contributed by atoms with Gasteiger partial charge in [-0.2, -0.15) is 0 Å². The highest BCUT2D eigenvalue weighted by atomic mass is 79.9. The van der Waals surface area contributed by atoms with Crippen molar-refractivity contribution in [3.8, 4) is 0 Å². The molecule has 1 aromatic carbocycles. The van der Waals surface area contributed by atoms with E-state index in [9.17, 15) is 4.39 Å². The van der Waals surface area contributed by atoms with Crippen LogP contribution in [0.3, 0.4) is 0 Å². The second-order valence-corrected chi connectivity index (χ2v) is 5.84. The lowest BCUT2D eigenvalue weighted by molar-refractivity contribution is 0.00334. The first-order valence-corrected chi connectivity index (χ1v) is 6.82. The molecular formula is C13H14BrFN2O. The number of hydrogen-bond donors (Lipinski definition) is 0. The second kappa shape index (κ2) is 4.31. The molecule has 18 heavy (non-hydrogen) atoms. The third kappa shape index (κ3) is 1.77. The Hall–Kier alpha value is -0.940. The Balaban J connectivity index is 2.28. The van der Waals surface area contributed by atoms with Gasteiger partial charge in [-0.1, -0.05) is 15.9 Å². The molecule has 1 aromatic heterocycles. The molecule has 0 N–H and O–H groups in total. The Bertz CT molecular complexity index is 605. The molecule has 0 aliphatic carbocycles. The van der Waals surface area contributed by atoms with Gasteiger partial charge in [0.25, 0.3) is 0 Å². The first-order valence-electron chi connectivity index (χ1n) is 6.02. The topological polar surface area (TPSA) is 27.1 Å². The van der Waals surface area contributed by atoms with E-state index in [0.29, 0.717) is 18.7 Å². The van der Waals surface area contributed by atoms with Gasteiger partial charge in [0.2, 0.25) is 0 Å². The summed E-state index contributed by atoms with van der Waals surface area (Å²) in [5.74, 6) is 0.946. The minimum absolute atomic E-state index is 0.249. The highest BCUT2D eigenvalue weighted by Gasteiger charge is 2.28. The number of halogens is 2. The number of benzene rings is 1. The van der Waals surface area contributed by atoms with Crippen LogP contribution in [0.5, 0.6) is 0 Å². The molecule has 1 aliphatic heterocycles. The molecule has 2 heterocycles. The van der Waals surface area contributed by atoms with Crippen LogP contribution in [-0.2, 0) is 4.74 Å². The van der Waals surface area contributed by atoms with Gasteiger partial charge in [-0.05, 0) is 26.0 Å². The van der Waals surface area contributed by atoms with Gasteiger partial charge in [-0.3, -0.25) is 0 Å². The van der Waals surface area contributed by atoms with E-state index in [0.717, 1.165) is 15.8 Å². The summed E-state index contributed by atoms with van der Waals surface area (Å²) < 4.78 is 22.0. The van der Waals surface area contributed by atoms with Gasteiger partial charge in [0, 0.05) is 10.5 Å². The van der Waals surface area contributed by atoms with E-state index in [1.807, 2.05) is 6.07 Å². The predicted molar refractivity (Wildman–Crippen MR) is 71.3 cm³/mol. The van der Waals surface area contributed by atoms with Gasteiger partial charge in [0.15, 0.2) is 5.82 Å². The third-order valence-corrected chi connectivity index (χ3v) is 3.72. The molecule has 2 aromatic rings. The van der Waals surface area contributed by atoms with Crippen LogP contribution in [0.1, 0.15) is 31.6 Å². The van der Waals surface area contributed by atoms with E-state index in [1.165, 1.54) is 6.07 Å². The number of ether oxygens (including phenoxy) is 1. The predicted octanol–water partition coefficient (Wildman–Crippen LogP) is 3.63. The molecule has 0 spiro atoms. The molecule has 0 saturated carbocycles. The Morgan fingerprint density at radius 2 is 2.17 bits per heavy atom. The summed E-state index contributed by atoms with van der Waals surface area (Å²) >= 11 is 3.34. The van der Waals surface area contributed by atoms with Gasteiger partial charge in [0.05, 0.1) is 24.6 Å². The maximum Gasteiger partial charge on any atom is 0.152 e. The fourth-order valence-electron chi connectivity index (χ4n) is 2.35. The van der Waals surface area contributed by atoms with Crippen molar-refractivity contribution < 1.29 is 9.13 Å². The van der Waals surface area contributed by atoms with Crippen LogP contribution < -0.4 is 0 Å². The lowest BCUT2D eigenvalue weighted by Crippen LogP contribution is -2.28.